The zero-order valence-corrected chi connectivity index (χ0v) is 26.9. The van der Waals surface area contributed by atoms with E-state index >= 15 is 0 Å². The predicted molar refractivity (Wildman–Crippen MR) is 199 cm³/mol. The van der Waals surface area contributed by atoms with Gasteiger partial charge in [-0.25, -0.2) is 15.0 Å². The van der Waals surface area contributed by atoms with Crippen LogP contribution in [0.4, 0.5) is 0 Å². The van der Waals surface area contributed by atoms with Crippen molar-refractivity contribution in [1.29, 1.82) is 0 Å². The second kappa shape index (κ2) is 12.5. The van der Waals surface area contributed by atoms with Gasteiger partial charge in [-0.05, 0) is 47.2 Å². The normalized spacial score (nSPS) is 16.8. The van der Waals surface area contributed by atoms with E-state index in [-0.39, 0.29) is 5.92 Å². The van der Waals surface area contributed by atoms with Crippen LogP contribution < -0.4 is 0 Å². The van der Waals surface area contributed by atoms with E-state index in [1.807, 2.05) is 72.8 Å². The van der Waals surface area contributed by atoms with Crippen LogP contribution in [0.2, 0.25) is 0 Å². The molecule has 0 radical (unpaired) electrons. The van der Waals surface area contributed by atoms with Gasteiger partial charge in [0.1, 0.15) is 11.3 Å². The standard InChI is InChI=1S/C45H33N3O/c1-4-13-30(14-5-1)31-23-25-32(26-24-31)36-19-10-11-20-37(36)35-27-28-40-39(29-35)42-38(21-12-22-41(42)49-40)45-47-43(33-15-6-2-7-16-33)46-44(48-45)34-17-8-3-9-18-34/h1-23,25-28,31,35H,24,29H2/t31-,35?/m1/s1. The molecule has 0 amide bonds. The Kier molecular flexibility index (Phi) is 7.39. The van der Waals surface area contributed by atoms with Gasteiger partial charge in [-0.15, -0.1) is 0 Å². The molecule has 4 heteroatoms. The average molecular weight is 632 g/mol. The molecule has 9 rings (SSSR count). The fourth-order valence-corrected chi connectivity index (χ4v) is 7.24. The average Bonchev–Trinajstić information content (AvgIpc) is 3.57. The smallest absolute Gasteiger partial charge is 0.164 e. The van der Waals surface area contributed by atoms with Crippen LogP contribution in [0.15, 0.2) is 162 Å². The summed E-state index contributed by atoms with van der Waals surface area (Å²) in [7, 11) is 0. The first kappa shape index (κ1) is 29.0. The summed E-state index contributed by atoms with van der Waals surface area (Å²) in [4.78, 5) is 15.0. The quantitative estimate of drug-likeness (QED) is 0.183. The Morgan fingerprint density at radius 2 is 1.14 bits per heavy atom. The lowest BCUT2D eigenvalue weighted by molar-refractivity contribution is 0.591. The third-order valence-corrected chi connectivity index (χ3v) is 9.69. The van der Waals surface area contributed by atoms with Gasteiger partial charge in [0.05, 0.1) is 0 Å². The number of hydrogen-bond acceptors (Lipinski definition) is 4. The van der Waals surface area contributed by atoms with Crippen molar-refractivity contribution in [3.63, 3.8) is 0 Å². The molecule has 5 aromatic carbocycles. The third kappa shape index (κ3) is 5.51. The molecule has 2 atom stereocenters. The highest BCUT2D eigenvalue weighted by atomic mass is 16.3. The highest BCUT2D eigenvalue weighted by Crippen LogP contribution is 2.42. The predicted octanol–water partition coefficient (Wildman–Crippen LogP) is 11.1. The van der Waals surface area contributed by atoms with Crippen molar-refractivity contribution < 1.29 is 4.42 Å². The van der Waals surface area contributed by atoms with Gasteiger partial charge in [-0.1, -0.05) is 152 Å². The Morgan fingerprint density at radius 1 is 0.531 bits per heavy atom. The van der Waals surface area contributed by atoms with Gasteiger partial charge in [-0.3, -0.25) is 0 Å². The zero-order chi connectivity index (χ0) is 32.6. The minimum atomic E-state index is 0.192. The van der Waals surface area contributed by atoms with E-state index in [0.717, 1.165) is 46.3 Å². The van der Waals surface area contributed by atoms with Gasteiger partial charge in [-0.2, -0.15) is 0 Å². The van der Waals surface area contributed by atoms with Gasteiger partial charge in [0.25, 0.3) is 0 Å². The monoisotopic (exact) mass is 631 g/mol. The Labute approximate surface area is 285 Å². The minimum absolute atomic E-state index is 0.192. The maximum absolute atomic E-state index is 6.49. The number of nitrogens with zero attached hydrogens (tertiary/aromatic N) is 3. The molecule has 0 saturated carbocycles. The highest BCUT2D eigenvalue weighted by molar-refractivity contribution is 5.97. The van der Waals surface area contributed by atoms with Crippen LogP contribution >= 0.6 is 0 Å². The van der Waals surface area contributed by atoms with Crippen LogP contribution in [0.3, 0.4) is 0 Å². The van der Waals surface area contributed by atoms with Crippen molar-refractivity contribution in [1.82, 2.24) is 15.0 Å². The minimum Gasteiger partial charge on any atom is -0.456 e. The molecule has 1 unspecified atom stereocenters. The number of fused-ring (bicyclic) bond motifs is 3. The largest absolute Gasteiger partial charge is 0.456 e. The number of benzene rings is 5. The van der Waals surface area contributed by atoms with Crippen molar-refractivity contribution in [2.24, 2.45) is 0 Å². The fourth-order valence-electron chi connectivity index (χ4n) is 7.24. The van der Waals surface area contributed by atoms with E-state index < -0.39 is 0 Å². The molecule has 0 saturated heterocycles. The van der Waals surface area contributed by atoms with E-state index in [9.17, 15) is 0 Å². The highest BCUT2D eigenvalue weighted by Gasteiger charge is 2.27. The van der Waals surface area contributed by atoms with Crippen molar-refractivity contribution in [2.75, 3.05) is 0 Å². The lowest BCUT2D eigenvalue weighted by Crippen LogP contribution is -2.08. The molecule has 4 nitrogen and oxygen atoms in total. The van der Waals surface area contributed by atoms with Gasteiger partial charge in [0.15, 0.2) is 17.5 Å². The Bertz CT molecular complexity index is 2330. The molecule has 2 aliphatic rings. The summed E-state index contributed by atoms with van der Waals surface area (Å²) in [6.07, 6.45) is 13.3. The number of hydrogen-bond donors (Lipinski definition) is 0. The molecule has 2 aromatic heterocycles. The van der Waals surface area contributed by atoms with E-state index in [4.69, 9.17) is 19.4 Å². The molecule has 7 aromatic rings. The van der Waals surface area contributed by atoms with Crippen molar-refractivity contribution in [3.8, 4) is 34.2 Å². The second-order valence-electron chi connectivity index (χ2n) is 12.7. The summed E-state index contributed by atoms with van der Waals surface area (Å²) in [5.74, 6) is 3.43. The third-order valence-electron chi connectivity index (χ3n) is 9.69. The number of rotatable bonds is 6. The topological polar surface area (TPSA) is 51.8 Å². The first-order valence-corrected chi connectivity index (χ1v) is 16.9. The van der Waals surface area contributed by atoms with Crippen molar-refractivity contribution in [3.05, 3.63) is 186 Å². The fraction of sp³-hybridized carbons (Fsp3) is 0.0889. The van der Waals surface area contributed by atoms with Crippen LogP contribution in [-0.4, -0.2) is 15.0 Å². The summed E-state index contributed by atoms with van der Waals surface area (Å²) in [5.41, 5.74) is 10.1. The molecule has 2 aliphatic carbocycles. The van der Waals surface area contributed by atoms with Crippen molar-refractivity contribution in [2.45, 2.75) is 24.7 Å². The maximum atomic E-state index is 6.49. The molecular weight excluding hydrogens is 599 g/mol. The summed E-state index contributed by atoms with van der Waals surface area (Å²) < 4.78 is 6.49. The van der Waals surface area contributed by atoms with Gasteiger partial charge in [0.2, 0.25) is 0 Å². The zero-order valence-electron chi connectivity index (χ0n) is 26.9. The summed E-state index contributed by atoms with van der Waals surface area (Å²) >= 11 is 0. The molecule has 0 fully saturated rings. The van der Waals surface area contributed by atoms with Gasteiger partial charge >= 0.3 is 0 Å². The number of furan rings is 1. The van der Waals surface area contributed by atoms with Gasteiger partial charge < -0.3 is 4.42 Å². The Morgan fingerprint density at radius 3 is 1.84 bits per heavy atom. The molecule has 234 valence electrons. The second-order valence-corrected chi connectivity index (χ2v) is 12.7. The van der Waals surface area contributed by atoms with E-state index in [0.29, 0.717) is 23.4 Å². The molecule has 0 aliphatic heterocycles. The van der Waals surface area contributed by atoms with Crippen LogP contribution in [0, 0.1) is 0 Å². The van der Waals surface area contributed by atoms with E-state index in [1.54, 1.807) is 0 Å². The van der Waals surface area contributed by atoms with Crippen molar-refractivity contribution >= 4 is 22.6 Å². The van der Waals surface area contributed by atoms with Crippen LogP contribution in [-0.2, 0) is 6.42 Å². The first-order chi connectivity index (χ1) is 24.3. The lowest BCUT2D eigenvalue weighted by atomic mass is 9.81. The summed E-state index contributed by atoms with van der Waals surface area (Å²) in [6, 6.07) is 46.0. The van der Waals surface area contributed by atoms with Crippen LogP contribution in [0.25, 0.3) is 56.8 Å². The Hall–Kier alpha value is -6.13. The van der Waals surface area contributed by atoms with E-state index in [1.165, 1.54) is 27.8 Å². The molecule has 0 N–H and O–H groups in total. The summed E-state index contributed by atoms with van der Waals surface area (Å²) in [6.45, 7) is 0. The summed E-state index contributed by atoms with van der Waals surface area (Å²) in [5, 5.41) is 1.07. The molecule has 2 heterocycles. The number of allylic oxidation sites excluding steroid dienone is 5. The molecule has 49 heavy (non-hydrogen) atoms. The van der Waals surface area contributed by atoms with Crippen LogP contribution in [0.1, 0.15) is 46.3 Å². The Balaban J connectivity index is 1.11. The van der Waals surface area contributed by atoms with E-state index in [2.05, 4.69) is 91.0 Å². The maximum Gasteiger partial charge on any atom is 0.164 e. The number of aromatic nitrogens is 3. The van der Waals surface area contributed by atoms with Crippen LogP contribution in [0.5, 0.6) is 0 Å². The lowest BCUT2D eigenvalue weighted by Gasteiger charge is -2.23. The first-order valence-electron chi connectivity index (χ1n) is 16.9. The SMILES string of the molecule is C1=C[C@@H](c2ccccc2)CC=C1c1ccccc1C1C=Cc2oc3cccc(-c4nc(-c5ccccc5)nc(-c5ccccc5)n4)c3c2C1. The molecule has 0 bridgehead atoms. The molecular formula is C45H33N3O. The van der Waals surface area contributed by atoms with Gasteiger partial charge in [0, 0.05) is 39.5 Å². The molecule has 0 spiro atoms.